The molecule has 0 N–H and O–H groups in total. The lowest BCUT2D eigenvalue weighted by Crippen LogP contribution is -2.36. The van der Waals surface area contributed by atoms with Gasteiger partial charge in [-0.05, 0) is 30.7 Å². The van der Waals surface area contributed by atoms with E-state index in [1.54, 1.807) is 29.2 Å². The van der Waals surface area contributed by atoms with Crippen molar-refractivity contribution in [2.75, 3.05) is 25.0 Å². The molecule has 0 aliphatic rings. The van der Waals surface area contributed by atoms with E-state index in [1.807, 2.05) is 0 Å². The fraction of sp³-hybridized carbons (Fsp3) is 0.462. The fourth-order valence-electron chi connectivity index (χ4n) is 1.50. The standard InChI is InChI=1S/C13H17BrClNO2/c1-2-8-16(9-7-14)13(17)10-18-12-5-3-11(15)4-6-12/h3-6H,2,7-10H2,1H3. The van der Waals surface area contributed by atoms with E-state index in [0.717, 1.165) is 18.3 Å². The van der Waals surface area contributed by atoms with Gasteiger partial charge in [-0.15, -0.1) is 0 Å². The third-order valence-electron chi connectivity index (χ3n) is 2.38. The van der Waals surface area contributed by atoms with E-state index in [4.69, 9.17) is 16.3 Å². The van der Waals surface area contributed by atoms with E-state index in [-0.39, 0.29) is 12.5 Å². The lowest BCUT2D eigenvalue weighted by molar-refractivity contribution is -0.133. The zero-order valence-electron chi connectivity index (χ0n) is 10.4. The zero-order valence-corrected chi connectivity index (χ0v) is 12.7. The summed E-state index contributed by atoms with van der Waals surface area (Å²) in [7, 11) is 0. The molecule has 1 aromatic carbocycles. The molecule has 0 aromatic heterocycles. The van der Waals surface area contributed by atoms with E-state index in [9.17, 15) is 4.79 Å². The molecule has 0 saturated carbocycles. The molecular weight excluding hydrogens is 318 g/mol. The van der Waals surface area contributed by atoms with E-state index in [2.05, 4.69) is 22.9 Å². The summed E-state index contributed by atoms with van der Waals surface area (Å²) >= 11 is 9.11. The third-order valence-corrected chi connectivity index (χ3v) is 2.98. The molecule has 100 valence electrons. The van der Waals surface area contributed by atoms with E-state index < -0.39 is 0 Å². The molecule has 1 rings (SSSR count). The van der Waals surface area contributed by atoms with Gasteiger partial charge in [0.1, 0.15) is 5.75 Å². The number of rotatable bonds is 7. The van der Waals surface area contributed by atoms with Crippen molar-refractivity contribution in [2.45, 2.75) is 13.3 Å². The predicted octanol–water partition coefficient (Wildman–Crippen LogP) is 3.35. The van der Waals surface area contributed by atoms with Crippen LogP contribution in [0.5, 0.6) is 5.75 Å². The molecule has 0 heterocycles. The van der Waals surface area contributed by atoms with Crippen LogP contribution in [0.1, 0.15) is 13.3 Å². The average molecular weight is 335 g/mol. The summed E-state index contributed by atoms with van der Waals surface area (Å²) in [5.74, 6) is 0.661. The highest BCUT2D eigenvalue weighted by atomic mass is 79.9. The maximum absolute atomic E-state index is 11.9. The van der Waals surface area contributed by atoms with Crippen LogP contribution in [0, 0.1) is 0 Å². The first-order valence-electron chi connectivity index (χ1n) is 5.89. The van der Waals surface area contributed by atoms with Crippen LogP contribution in [-0.2, 0) is 4.79 Å². The molecule has 5 heteroatoms. The van der Waals surface area contributed by atoms with Crippen molar-refractivity contribution in [3.05, 3.63) is 29.3 Å². The molecule has 1 aromatic rings. The van der Waals surface area contributed by atoms with Gasteiger partial charge in [-0.3, -0.25) is 4.79 Å². The number of hydrogen-bond donors (Lipinski definition) is 0. The second-order valence-electron chi connectivity index (χ2n) is 3.81. The Bertz CT molecular complexity index is 364. The van der Waals surface area contributed by atoms with Crippen molar-refractivity contribution in [3.63, 3.8) is 0 Å². The Hall–Kier alpha value is -0.740. The first kappa shape index (κ1) is 15.3. The summed E-state index contributed by atoms with van der Waals surface area (Å²) in [4.78, 5) is 13.7. The summed E-state index contributed by atoms with van der Waals surface area (Å²) in [6.07, 6.45) is 0.944. The second-order valence-corrected chi connectivity index (χ2v) is 5.04. The van der Waals surface area contributed by atoms with Gasteiger partial charge in [0.25, 0.3) is 5.91 Å². The topological polar surface area (TPSA) is 29.5 Å². The van der Waals surface area contributed by atoms with Crippen LogP contribution >= 0.6 is 27.5 Å². The summed E-state index contributed by atoms with van der Waals surface area (Å²) in [5, 5.41) is 1.43. The molecule has 0 radical (unpaired) electrons. The summed E-state index contributed by atoms with van der Waals surface area (Å²) in [5.41, 5.74) is 0. The Labute approximate surface area is 121 Å². The second kappa shape index (κ2) is 8.38. The van der Waals surface area contributed by atoms with Crippen molar-refractivity contribution < 1.29 is 9.53 Å². The Kier molecular flexibility index (Phi) is 7.13. The number of benzene rings is 1. The van der Waals surface area contributed by atoms with Crippen LogP contribution in [0.15, 0.2) is 24.3 Å². The van der Waals surface area contributed by atoms with Crippen LogP contribution in [0.3, 0.4) is 0 Å². The van der Waals surface area contributed by atoms with Gasteiger partial charge in [-0.1, -0.05) is 34.5 Å². The van der Waals surface area contributed by atoms with E-state index in [0.29, 0.717) is 17.3 Å². The number of amides is 1. The van der Waals surface area contributed by atoms with E-state index in [1.165, 1.54) is 0 Å². The van der Waals surface area contributed by atoms with Gasteiger partial charge in [-0.2, -0.15) is 0 Å². The maximum atomic E-state index is 11.9. The van der Waals surface area contributed by atoms with Gasteiger partial charge >= 0.3 is 0 Å². The predicted molar refractivity (Wildman–Crippen MR) is 77.6 cm³/mol. The number of hydrogen-bond acceptors (Lipinski definition) is 2. The zero-order chi connectivity index (χ0) is 13.4. The van der Waals surface area contributed by atoms with Crippen LogP contribution in [0.4, 0.5) is 0 Å². The quantitative estimate of drug-likeness (QED) is 0.716. The van der Waals surface area contributed by atoms with Gasteiger partial charge in [0.05, 0.1) is 0 Å². The normalized spacial score (nSPS) is 10.2. The smallest absolute Gasteiger partial charge is 0.260 e. The van der Waals surface area contributed by atoms with Crippen molar-refractivity contribution in [1.29, 1.82) is 0 Å². The van der Waals surface area contributed by atoms with E-state index >= 15 is 0 Å². The summed E-state index contributed by atoms with van der Waals surface area (Å²) < 4.78 is 5.43. The summed E-state index contributed by atoms with van der Waals surface area (Å²) in [6, 6.07) is 6.99. The first-order chi connectivity index (χ1) is 8.67. The number of carbonyl (C=O) groups excluding carboxylic acids is 1. The Morgan fingerprint density at radius 1 is 1.33 bits per heavy atom. The maximum Gasteiger partial charge on any atom is 0.260 e. The van der Waals surface area contributed by atoms with Crippen LogP contribution < -0.4 is 4.74 Å². The first-order valence-corrected chi connectivity index (χ1v) is 7.39. The van der Waals surface area contributed by atoms with Crippen molar-refractivity contribution in [2.24, 2.45) is 0 Å². The molecular formula is C13H17BrClNO2. The van der Waals surface area contributed by atoms with Gasteiger partial charge in [0.15, 0.2) is 6.61 Å². The highest BCUT2D eigenvalue weighted by molar-refractivity contribution is 9.09. The highest BCUT2D eigenvalue weighted by Crippen LogP contribution is 2.15. The molecule has 0 aliphatic carbocycles. The van der Waals surface area contributed by atoms with Gasteiger partial charge in [-0.25, -0.2) is 0 Å². The molecule has 3 nitrogen and oxygen atoms in total. The van der Waals surface area contributed by atoms with Crippen LogP contribution in [-0.4, -0.2) is 35.8 Å². The monoisotopic (exact) mass is 333 g/mol. The van der Waals surface area contributed by atoms with Crippen LogP contribution in [0.25, 0.3) is 0 Å². The van der Waals surface area contributed by atoms with Gasteiger partial charge < -0.3 is 9.64 Å². The number of nitrogens with zero attached hydrogens (tertiary/aromatic N) is 1. The minimum absolute atomic E-state index is 0.00579. The molecule has 0 saturated heterocycles. The molecule has 0 atom stereocenters. The lowest BCUT2D eigenvalue weighted by atomic mass is 10.3. The van der Waals surface area contributed by atoms with Crippen molar-refractivity contribution in [3.8, 4) is 5.75 Å². The lowest BCUT2D eigenvalue weighted by Gasteiger charge is -2.21. The minimum Gasteiger partial charge on any atom is -0.484 e. The number of alkyl halides is 1. The number of halogens is 2. The van der Waals surface area contributed by atoms with Crippen molar-refractivity contribution >= 4 is 33.4 Å². The van der Waals surface area contributed by atoms with Gasteiger partial charge in [0, 0.05) is 23.4 Å². The molecule has 0 aliphatic heterocycles. The molecule has 0 bridgehead atoms. The van der Waals surface area contributed by atoms with Crippen LogP contribution in [0.2, 0.25) is 5.02 Å². The minimum atomic E-state index is 0.00579. The average Bonchev–Trinajstić information content (AvgIpc) is 2.37. The Balaban J connectivity index is 2.45. The molecule has 0 unspecified atom stereocenters. The summed E-state index contributed by atoms with van der Waals surface area (Å²) in [6.45, 7) is 3.58. The van der Waals surface area contributed by atoms with Gasteiger partial charge in [0.2, 0.25) is 0 Å². The Morgan fingerprint density at radius 3 is 2.56 bits per heavy atom. The molecule has 0 fully saturated rings. The molecule has 1 amide bonds. The number of ether oxygens (including phenoxy) is 1. The largest absolute Gasteiger partial charge is 0.484 e. The molecule has 18 heavy (non-hydrogen) atoms. The molecule has 0 spiro atoms. The third kappa shape index (κ3) is 5.27. The Morgan fingerprint density at radius 2 is 2.00 bits per heavy atom. The highest BCUT2D eigenvalue weighted by Gasteiger charge is 2.12. The SMILES string of the molecule is CCCN(CCBr)C(=O)COc1ccc(Cl)cc1. The van der Waals surface area contributed by atoms with Crippen molar-refractivity contribution in [1.82, 2.24) is 4.90 Å². The number of carbonyl (C=O) groups is 1. The fourth-order valence-corrected chi connectivity index (χ4v) is 2.05.